The third-order valence-electron chi connectivity index (χ3n) is 5.31. The lowest BCUT2D eigenvalue weighted by Crippen LogP contribution is -2.50. The lowest BCUT2D eigenvalue weighted by Gasteiger charge is -2.34. The number of fused-ring (bicyclic) bond motifs is 1. The molecule has 2 heterocycles. The van der Waals surface area contributed by atoms with Crippen molar-refractivity contribution in [3.05, 3.63) is 45.8 Å². The Labute approximate surface area is 174 Å². The molecule has 0 radical (unpaired) electrons. The summed E-state index contributed by atoms with van der Waals surface area (Å²) in [5, 5.41) is 0.721. The third kappa shape index (κ3) is 5.25. The summed E-state index contributed by atoms with van der Waals surface area (Å²) in [4.78, 5) is 50.9. The number of carbonyl (C=O) groups is 3. The van der Waals surface area contributed by atoms with Crippen LogP contribution in [0.5, 0.6) is 0 Å². The van der Waals surface area contributed by atoms with Gasteiger partial charge in [-0.1, -0.05) is 19.1 Å². The number of rotatable bonds is 6. The maximum atomic E-state index is 12.3. The normalized spacial score (nSPS) is 14.1. The molecule has 30 heavy (non-hydrogen) atoms. The second-order valence-corrected chi connectivity index (χ2v) is 7.32. The van der Waals surface area contributed by atoms with E-state index in [2.05, 4.69) is 0 Å². The predicted molar refractivity (Wildman–Crippen MR) is 110 cm³/mol. The molecule has 0 aliphatic carbocycles. The Hall–Kier alpha value is -3.16. The number of hydrogen-bond acceptors (Lipinski definition) is 6. The van der Waals surface area contributed by atoms with Gasteiger partial charge in [0.15, 0.2) is 0 Å². The lowest BCUT2D eigenvalue weighted by atomic mass is 10.1. The van der Waals surface area contributed by atoms with E-state index in [1.54, 1.807) is 9.80 Å². The Morgan fingerprint density at radius 2 is 1.73 bits per heavy atom. The van der Waals surface area contributed by atoms with Crippen LogP contribution < -0.4 is 5.63 Å². The van der Waals surface area contributed by atoms with Gasteiger partial charge < -0.3 is 19.0 Å². The highest BCUT2D eigenvalue weighted by Crippen LogP contribution is 2.20. The van der Waals surface area contributed by atoms with Crippen molar-refractivity contribution in [2.24, 2.45) is 0 Å². The summed E-state index contributed by atoms with van der Waals surface area (Å²) in [5.74, 6) is -0.635. The number of ether oxygens (including phenoxy) is 1. The van der Waals surface area contributed by atoms with E-state index in [1.807, 2.05) is 25.1 Å². The summed E-state index contributed by atoms with van der Waals surface area (Å²) in [5.41, 5.74) is 1.58. The molecular weight excluding hydrogens is 388 g/mol. The van der Waals surface area contributed by atoms with Gasteiger partial charge in [0.05, 0.1) is 6.42 Å². The second kappa shape index (κ2) is 9.56. The molecule has 0 atom stereocenters. The van der Waals surface area contributed by atoms with E-state index in [-0.39, 0.29) is 31.3 Å². The van der Waals surface area contributed by atoms with Crippen molar-refractivity contribution in [1.29, 1.82) is 0 Å². The van der Waals surface area contributed by atoms with Crippen LogP contribution in [0.4, 0.5) is 0 Å². The van der Waals surface area contributed by atoms with Crippen molar-refractivity contribution in [3.63, 3.8) is 0 Å². The first-order valence-corrected chi connectivity index (χ1v) is 10.1. The van der Waals surface area contributed by atoms with Crippen molar-refractivity contribution in [3.8, 4) is 0 Å². The van der Waals surface area contributed by atoms with Gasteiger partial charge in [0.2, 0.25) is 11.8 Å². The van der Waals surface area contributed by atoms with E-state index >= 15 is 0 Å². The van der Waals surface area contributed by atoms with Crippen molar-refractivity contribution in [2.75, 3.05) is 26.2 Å². The Kier molecular flexibility index (Phi) is 6.87. The highest BCUT2D eigenvalue weighted by atomic mass is 16.5. The zero-order chi connectivity index (χ0) is 21.7. The maximum absolute atomic E-state index is 12.3. The van der Waals surface area contributed by atoms with E-state index in [4.69, 9.17) is 9.15 Å². The van der Waals surface area contributed by atoms with Crippen LogP contribution in [0.25, 0.3) is 11.0 Å². The molecule has 1 saturated heterocycles. The summed E-state index contributed by atoms with van der Waals surface area (Å²) >= 11 is 0. The summed E-state index contributed by atoms with van der Waals surface area (Å²) in [6.45, 7) is 5.42. The minimum atomic E-state index is -0.503. The fourth-order valence-electron chi connectivity index (χ4n) is 3.48. The van der Waals surface area contributed by atoms with Gasteiger partial charge in [-0.3, -0.25) is 14.4 Å². The Morgan fingerprint density at radius 1 is 1.03 bits per heavy atom. The molecule has 1 aliphatic rings. The van der Waals surface area contributed by atoms with Crippen LogP contribution in [0, 0.1) is 0 Å². The first-order valence-electron chi connectivity index (χ1n) is 10.1. The van der Waals surface area contributed by atoms with E-state index in [1.165, 1.54) is 13.0 Å². The minimum Gasteiger partial charge on any atom is -0.461 e. The maximum Gasteiger partial charge on any atom is 0.336 e. The van der Waals surface area contributed by atoms with Gasteiger partial charge in [0.1, 0.15) is 12.2 Å². The SMILES string of the molecule is CCc1ccc2c(COC(=O)CCC(=O)N3CCN(C(C)=O)CC3)cc(=O)oc2c1. The van der Waals surface area contributed by atoms with Crippen LogP contribution in [0.1, 0.15) is 37.8 Å². The Bertz CT molecular complexity index is 1000. The van der Waals surface area contributed by atoms with E-state index in [0.29, 0.717) is 37.3 Å². The van der Waals surface area contributed by atoms with Crippen LogP contribution in [-0.4, -0.2) is 53.8 Å². The fraction of sp³-hybridized carbons (Fsp3) is 0.455. The fourth-order valence-corrected chi connectivity index (χ4v) is 3.48. The molecule has 1 aliphatic heterocycles. The van der Waals surface area contributed by atoms with Gasteiger partial charge in [-0.05, 0) is 18.1 Å². The van der Waals surface area contributed by atoms with Gasteiger partial charge in [-0.25, -0.2) is 4.79 Å². The van der Waals surface area contributed by atoms with Crippen LogP contribution in [-0.2, 0) is 32.1 Å². The van der Waals surface area contributed by atoms with Crippen LogP contribution in [0.15, 0.2) is 33.5 Å². The average molecular weight is 414 g/mol. The largest absolute Gasteiger partial charge is 0.461 e. The van der Waals surface area contributed by atoms with E-state index in [0.717, 1.165) is 17.4 Å². The third-order valence-corrected chi connectivity index (χ3v) is 5.31. The zero-order valence-electron chi connectivity index (χ0n) is 17.3. The van der Waals surface area contributed by atoms with Gasteiger partial charge in [-0.15, -0.1) is 0 Å². The van der Waals surface area contributed by atoms with Crippen LogP contribution in [0.2, 0.25) is 0 Å². The first-order chi connectivity index (χ1) is 14.4. The topological polar surface area (TPSA) is 97.1 Å². The molecule has 8 heteroatoms. The van der Waals surface area contributed by atoms with Crippen molar-refractivity contribution >= 4 is 28.8 Å². The number of nitrogens with zero attached hydrogens (tertiary/aromatic N) is 2. The summed E-state index contributed by atoms with van der Waals surface area (Å²) in [6.07, 6.45) is 0.832. The van der Waals surface area contributed by atoms with Crippen molar-refractivity contribution in [1.82, 2.24) is 9.80 Å². The van der Waals surface area contributed by atoms with Gasteiger partial charge in [0, 0.05) is 56.5 Å². The highest BCUT2D eigenvalue weighted by molar-refractivity contribution is 5.83. The van der Waals surface area contributed by atoms with Gasteiger partial charge >= 0.3 is 11.6 Å². The summed E-state index contributed by atoms with van der Waals surface area (Å²) < 4.78 is 10.5. The molecule has 0 unspecified atom stereocenters. The minimum absolute atomic E-state index is 0.000864. The standard InChI is InChI=1S/C22H26N2O6/c1-3-16-4-5-18-17(13-22(28)30-19(18)12-16)14-29-21(27)7-6-20(26)24-10-8-23(9-11-24)15(2)25/h4-5,12-13H,3,6-11,14H2,1-2H3. The molecule has 2 amide bonds. The zero-order valence-corrected chi connectivity index (χ0v) is 17.3. The molecule has 1 fully saturated rings. The van der Waals surface area contributed by atoms with Crippen LogP contribution in [0.3, 0.4) is 0 Å². The van der Waals surface area contributed by atoms with E-state index in [9.17, 15) is 19.2 Å². The second-order valence-electron chi connectivity index (χ2n) is 7.32. The molecule has 160 valence electrons. The van der Waals surface area contributed by atoms with Crippen molar-refractivity contribution < 1.29 is 23.5 Å². The van der Waals surface area contributed by atoms with Gasteiger partial charge in [0.25, 0.3) is 0 Å². The average Bonchev–Trinajstić information content (AvgIpc) is 2.75. The molecular formula is C22H26N2O6. The van der Waals surface area contributed by atoms with Gasteiger partial charge in [-0.2, -0.15) is 0 Å². The predicted octanol–water partition coefficient (Wildman–Crippen LogP) is 1.87. The highest BCUT2D eigenvalue weighted by Gasteiger charge is 2.22. The first kappa shape index (κ1) is 21.5. The molecule has 2 aromatic rings. The quantitative estimate of drug-likeness (QED) is 0.529. The number of benzene rings is 1. The number of amides is 2. The summed E-state index contributed by atoms with van der Waals surface area (Å²) in [6, 6.07) is 6.93. The van der Waals surface area contributed by atoms with E-state index < -0.39 is 11.6 Å². The molecule has 3 rings (SSSR count). The number of piperazine rings is 1. The monoisotopic (exact) mass is 414 g/mol. The smallest absolute Gasteiger partial charge is 0.336 e. The molecule has 0 N–H and O–H groups in total. The number of carbonyl (C=O) groups excluding carboxylic acids is 3. The molecule has 0 saturated carbocycles. The number of esters is 1. The lowest BCUT2D eigenvalue weighted by molar-refractivity contribution is -0.147. The summed E-state index contributed by atoms with van der Waals surface area (Å²) in [7, 11) is 0. The molecule has 8 nitrogen and oxygen atoms in total. The molecule has 1 aromatic carbocycles. The number of aryl methyl sites for hydroxylation is 1. The Morgan fingerprint density at radius 3 is 2.40 bits per heavy atom. The molecule has 0 spiro atoms. The van der Waals surface area contributed by atoms with Crippen LogP contribution >= 0.6 is 0 Å². The van der Waals surface area contributed by atoms with Crippen molar-refractivity contribution in [2.45, 2.75) is 39.7 Å². The molecule has 1 aromatic heterocycles. The Balaban J connectivity index is 1.52. The molecule has 0 bridgehead atoms. The number of hydrogen-bond donors (Lipinski definition) is 0.